The zero-order chi connectivity index (χ0) is 16.0. The molecule has 1 rings (SSSR count). The number of hydrogen-bond acceptors (Lipinski definition) is 4. The maximum Gasteiger partial charge on any atom is 0.244 e. The normalized spacial score (nSPS) is 12.1. The molecule has 0 aromatic heterocycles. The largest absolute Gasteiger partial charge is 0.495 e. The van der Waals surface area contributed by atoms with Crippen LogP contribution in [0.5, 0.6) is 5.75 Å². The van der Waals surface area contributed by atoms with E-state index in [-0.39, 0.29) is 10.8 Å². The van der Waals surface area contributed by atoms with Crippen LogP contribution in [0, 0.1) is 0 Å². The molecule has 5 nitrogen and oxygen atoms in total. The van der Waals surface area contributed by atoms with Crippen LogP contribution in [0.1, 0.15) is 31.7 Å². The van der Waals surface area contributed by atoms with Crippen LogP contribution >= 0.6 is 0 Å². The van der Waals surface area contributed by atoms with Gasteiger partial charge >= 0.3 is 0 Å². The van der Waals surface area contributed by atoms with E-state index in [4.69, 9.17) is 4.74 Å². The molecule has 0 aliphatic carbocycles. The predicted molar refractivity (Wildman–Crippen MR) is 85.4 cm³/mol. The highest BCUT2D eigenvalue weighted by Gasteiger charge is 2.20. The van der Waals surface area contributed by atoms with Crippen molar-refractivity contribution in [2.75, 3.05) is 34.3 Å². The lowest BCUT2D eigenvalue weighted by molar-refractivity contribution is 0.397. The lowest BCUT2D eigenvalue weighted by atomic mass is 10.0. The summed E-state index contributed by atoms with van der Waals surface area (Å²) >= 11 is 0. The Hall–Kier alpha value is -1.11. The van der Waals surface area contributed by atoms with Crippen LogP contribution in [-0.2, 0) is 10.0 Å². The molecule has 0 radical (unpaired) electrons. The van der Waals surface area contributed by atoms with Crippen LogP contribution in [0.15, 0.2) is 23.1 Å². The van der Waals surface area contributed by atoms with Gasteiger partial charge in [-0.15, -0.1) is 0 Å². The highest BCUT2D eigenvalue weighted by Crippen LogP contribution is 2.27. The molecule has 1 aromatic carbocycles. The molecule has 0 fully saturated rings. The van der Waals surface area contributed by atoms with E-state index in [1.807, 2.05) is 38.9 Å². The summed E-state index contributed by atoms with van der Waals surface area (Å²) in [6, 6.07) is 5.30. The fraction of sp³-hybridized carbons (Fsp3) is 0.600. The summed E-state index contributed by atoms with van der Waals surface area (Å²) in [6.07, 6.45) is 0.762. The van der Waals surface area contributed by atoms with Gasteiger partial charge in [0.25, 0.3) is 0 Å². The van der Waals surface area contributed by atoms with Crippen LogP contribution in [-0.4, -0.2) is 47.6 Å². The quantitative estimate of drug-likeness (QED) is 0.746. The first-order valence-electron chi connectivity index (χ1n) is 7.10. The van der Waals surface area contributed by atoms with E-state index in [1.165, 1.54) is 7.11 Å². The second kappa shape index (κ2) is 7.77. The lowest BCUT2D eigenvalue weighted by Gasteiger charge is -2.14. The molecule has 0 heterocycles. The first-order chi connectivity index (χ1) is 9.77. The minimum Gasteiger partial charge on any atom is -0.495 e. The lowest BCUT2D eigenvalue weighted by Crippen LogP contribution is -2.27. The molecule has 0 bridgehead atoms. The van der Waals surface area contributed by atoms with Gasteiger partial charge in [0.1, 0.15) is 10.6 Å². The topological polar surface area (TPSA) is 58.6 Å². The average molecular weight is 314 g/mol. The summed E-state index contributed by atoms with van der Waals surface area (Å²) in [6.45, 7) is 5.31. The van der Waals surface area contributed by atoms with Gasteiger partial charge < -0.3 is 9.64 Å². The zero-order valence-electron chi connectivity index (χ0n) is 13.5. The average Bonchev–Trinajstić information content (AvgIpc) is 2.42. The number of rotatable bonds is 8. The SMILES string of the molecule is COc1ccc(C(C)C)cc1S(=O)(=O)NCCCN(C)C. The Morgan fingerprint density at radius 1 is 1.29 bits per heavy atom. The highest BCUT2D eigenvalue weighted by atomic mass is 32.2. The van der Waals surface area contributed by atoms with Crippen molar-refractivity contribution in [3.05, 3.63) is 23.8 Å². The van der Waals surface area contributed by atoms with Crippen molar-refractivity contribution >= 4 is 10.0 Å². The fourth-order valence-corrected chi connectivity index (χ4v) is 3.22. The molecule has 0 atom stereocenters. The second-order valence-corrected chi connectivity index (χ2v) is 7.35. The Balaban J connectivity index is 2.92. The number of ether oxygens (including phenoxy) is 1. The van der Waals surface area contributed by atoms with E-state index in [0.717, 1.165) is 18.5 Å². The van der Waals surface area contributed by atoms with Crippen LogP contribution in [0.4, 0.5) is 0 Å². The van der Waals surface area contributed by atoms with Gasteiger partial charge in [0, 0.05) is 6.54 Å². The first kappa shape index (κ1) is 17.9. The smallest absolute Gasteiger partial charge is 0.244 e. The maximum atomic E-state index is 12.4. The zero-order valence-corrected chi connectivity index (χ0v) is 14.3. The van der Waals surface area contributed by atoms with Gasteiger partial charge in [0.2, 0.25) is 10.0 Å². The van der Waals surface area contributed by atoms with E-state index in [9.17, 15) is 8.42 Å². The van der Waals surface area contributed by atoms with Gasteiger partial charge in [0.05, 0.1) is 7.11 Å². The third-order valence-electron chi connectivity index (χ3n) is 3.22. The molecule has 0 amide bonds. The molecule has 0 spiro atoms. The molecule has 0 aliphatic rings. The first-order valence-corrected chi connectivity index (χ1v) is 8.58. The molecule has 0 saturated heterocycles. The van der Waals surface area contributed by atoms with Crippen LogP contribution < -0.4 is 9.46 Å². The predicted octanol–water partition coefficient (Wildman–Crippen LogP) is 2.05. The Bertz CT molecular complexity index is 554. The molecule has 1 N–H and O–H groups in total. The number of nitrogens with one attached hydrogen (secondary N) is 1. The Kier molecular flexibility index (Phi) is 6.64. The highest BCUT2D eigenvalue weighted by molar-refractivity contribution is 7.89. The third-order valence-corrected chi connectivity index (χ3v) is 4.70. The van der Waals surface area contributed by atoms with Crippen LogP contribution in [0.2, 0.25) is 0 Å². The minimum absolute atomic E-state index is 0.209. The maximum absolute atomic E-state index is 12.4. The number of sulfonamides is 1. The van der Waals surface area contributed by atoms with Crippen molar-refractivity contribution in [3.8, 4) is 5.75 Å². The second-order valence-electron chi connectivity index (χ2n) is 5.62. The summed E-state index contributed by atoms with van der Waals surface area (Å²) in [4.78, 5) is 2.23. The van der Waals surface area contributed by atoms with Gasteiger partial charge in [-0.3, -0.25) is 0 Å². The number of nitrogens with zero attached hydrogens (tertiary/aromatic N) is 1. The third kappa shape index (κ3) is 5.30. The van der Waals surface area contributed by atoms with E-state index >= 15 is 0 Å². The number of methoxy groups -OCH3 is 1. The van der Waals surface area contributed by atoms with Gasteiger partial charge in [0.15, 0.2) is 0 Å². The van der Waals surface area contributed by atoms with E-state index in [0.29, 0.717) is 12.3 Å². The molecule has 21 heavy (non-hydrogen) atoms. The van der Waals surface area contributed by atoms with Crippen molar-refractivity contribution in [2.45, 2.75) is 31.1 Å². The van der Waals surface area contributed by atoms with Gasteiger partial charge in [-0.1, -0.05) is 19.9 Å². The Labute approximate surface area is 128 Å². The standard InChI is InChI=1S/C15H26N2O3S/c1-12(2)13-7-8-14(20-5)15(11-13)21(18,19)16-9-6-10-17(3)4/h7-8,11-12,16H,6,9-10H2,1-5H3. The Morgan fingerprint density at radius 2 is 1.95 bits per heavy atom. The van der Waals surface area contributed by atoms with E-state index in [1.54, 1.807) is 12.1 Å². The summed E-state index contributed by atoms with van der Waals surface area (Å²) in [5.41, 5.74) is 0.976. The van der Waals surface area contributed by atoms with Crippen molar-refractivity contribution < 1.29 is 13.2 Å². The van der Waals surface area contributed by atoms with Crippen LogP contribution in [0.3, 0.4) is 0 Å². The molecule has 1 aromatic rings. The summed E-state index contributed by atoms with van der Waals surface area (Å²) in [5, 5.41) is 0. The van der Waals surface area contributed by atoms with Crippen molar-refractivity contribution in [1.82, 2.24) is 9.62 Å². The van der Waals surface area contributed by atoms with E-state index in [2.05, 4.69) is 4.72 Å². The molecular formula is C15H26N2O3S. The molecule has 120 valence electrons. The summed E-state index contributed by atoms with van der Waals surface area (Å²) < 4.78 is 32.7. The summed E-state index contributed by atoms with van der Waals surface area (Å²) in [5.74, 6) is 0.637. The van der Waals surface area contributed by atoms with Crippen molar-refractivity contribution in [1.29, 1.82) is 0 Å². The fourth-order valence-electron chi connectivity index (χ4n) is 1.94. The molecule has 0 saturated carbocycles. The van der Waals surface area contributed by atoms with Crippen molar-refractivity contribution in [3.63, 3.8) is 0 Å². The van der Waals surface area contributed by atoms with Gasteiger partial charge in [-0.05, 0) is 50.7 Å². The monoisotopic (exact) mass is 314 g/mol. The van der Waals surface area contributed by atoms with Crippen molar-refractivity contribution in [2.24, 2.45) is 0 Å². The number of hydrogen-bond donors (Lipinski definition) is 1. The molecule has 0 unspecified atom stereocenters. The number of benzene rings is 1. The van der Waals surface area contributed by atoms with E-state index < -0.39 is 10.0 Å². The van der Waals surface area contributed by atoms with Crippen LogP contribution in [0.25, 0.3) is 0 Å². The molecule has 6 heteroatoms. The van der Waals surface area contributed by atoms with Gasteiger partial charge in [-0.25, -0.2) is 13.1 Å². The molecule has 0 aliphatic heterocycles. The van der Waals surface area contributed by atoms with Gasteiger partial charge in [-0.2, -0.15) is 0 Å². The molecular weight excluding hydrogens is 288 g/mol. The Morgan fingerprint density at radius 3 is 2.48 bits per heavy atom. The summed E-state index contributed by atoms with van der Waals surface area (Å²) in [7, 11) is 1.85. The minimum atomic E-state index is -3.55.